The number of hydrogen-bond donors (Lipinski definition) is 1. The van der Waals surface area contributed by atoms with Crippen LogP contribution in [0.2, 0.25) is 0 Å². The molecule has 16 heavy (non-hydrogen) atoms. The van der Waals surface area contributed by atoms with E-state index in [0.29, 0.717) is 21.8 Å². The SMILES string of the molecule is COc1cccc(C(=O)NC2CCC2)c1Br. The molecule has 1 aromatic carbocycles. The molecule has 1 fully saturated rings. The summed E-state index contributed by atoms with van der Waals surface area (Å²) in [5, 5.41) is 3.00. The van der Waals surface area contributed by atoms with Gasteiger partial charge in [0.1, 0.15) is 5.75 Å². The van der Waals surface area contributed by atoms with Gasteiger partial charge in [0.2, 0.25) is 0 Å². The lowest BCUT2D eigenvalue weighted by Crippen LogP contribution is -2.39. The van der Waals surface area contributed by atoms with Gasteiger partial charge in [-0.2, -0.15) is 0 Å². The molecule has 4 heteroatoms. The van der Waals surface area contributed by atoms with Crippen molar-refractivity contribution in [2.75, 3.05) is 7.11 Å². The second-order valence-electron chi connectivity index (χ2n) is 3.92. The van der Waals surface area contributed by atoms with E-state index >= 15 is 0 Å². The van der Waals surface area contributed by atoms with E-state index in [1.807, 2.05) is 12.1 Å². The number of benzene rings is 1. The van der Waals surface area contributed by atoms with Crippen LogP contribution in [-0.4, -0.2) is 19.1 Å². The van der Waals surface area contributed by atoms with Crippen LogP contribution in [0.3, 0.4) is 0 Å². The van der Waals surface area contributed by atoms with Gasteiger partial charge in [-0.05, 0) is 47.3 Å². The van der Waals surface area contributed by atoms with Gasteiger partial charge in [-0.15, -0.1) is 0 Å². The van der Waals surface area contributed by atoms with Crippen LogP contribution in [0.25, 0.3) is 0 Å². The van der Waals surface area contributed by atoms with Crippen LogP contribution in [0, 0.1) is 0 Å². The normalized spacial score (nSPS) is 15.4. The molecule has 0 radical (unpaired) electrons. The lowest BCUT2D eigenvalue weighted by atomic mass is 9.93. The van der Waals surface area contributed by atoms with Crippen LogP contribution in [0.4, 0.5) is 0 Å². The number of carbonyl (C=O) groups is 1. The van der Waals surface area contributed by atoms with Crippen molar-refractivity contribution < 1.29 is 9.53 Å². The molecule has 1 aliphatic rings. The average Bonchev–Trinajstić information content (AvgIpc) is 2.23. The van der Waals surface area contributed by atoms with E-state index in [0.717, 1.165) is 12.8 Å². The third-order valence-electron chi connectivity index (χ3n) is 2.87. The van der Waals surface area contributed by atoms with Crippen molar-refractivity contribution in [1.82, 2.24) is 5.32 Å². The second-order valence-corrected chi connectivity index (χ2v) is 4.72. The first-order valence-corrected chi connectivity index (χ1v) is 6.15. The molecule has 0 heterocycles. The molecule has 0 aromatic heterocycles. The number of methoxy groups -OCH3 is 1. The first kappa shape index (κ1) is 11.5. The molecule has 0 saturated heterocycles. The summed E-state index contributed by atoms with van der Waals surface area (Å²) in [6.07, 6.45) is 3.39. The molecule has 0 spiro atoms. The van der Waals surface area contributed by atoms with Gasteiger partial charge in [0.15, 0.2) is 0 Å². The first-order valence-electron chi connectivity index (χ1n) is 5.35. The smallest absolute Gasteiger partial charge is 0.252 e. The summed E-state index contributed by atoms with van der Waals surface area (Å²) < 4.78 is 5.87. The summed E-state index contributed by atoms with van der Waals surface area (Å²) in [6, 6.07) is 5.79. The van der Waals surface area contributed by atoms with E-state index in [4.69, 9.17) is 4.74 Å². The van der Waals surface area contributed by atoms with Gasteiger partial charge in [0.05, 0.1) is 17.1 Å². The Hall–Kier alpha value is -1.03. The molecule has 1 N–H and O–H groups in total. The van der Waals surface area contributed by atoms with E-state index < -0.39 is 0 Å². The minimum absolute atomic E-state index is 0.0320. The fourth-order valence-corrected chi connectivity index (χ4v) is 2.27. The number of carbonyl (C=O) groups excluding carboxylic acids is 1. The topological polar surface area (TPSA) is 38.3 Å². The van der Waals surface area contributed by atoms with E-state index in [1.165, 1.54) is 6.42 Å². The van der Waals surface area contributed by atoms with Crippen molar-refractivity contribution in [3.8, 4) is 5.75 Å². The molecule has 2 rings (SSSR count). The van der Waals surface area contributed by atoms with Crippen molar-refractivity contribution in [3.05, 3.63) is 28.2 Å². The highest BCUT2D eigenvalue weighted by molar-refractivity contribution is 9.10. The summed E-state index contributed by atoms with van der Waals surface area (Å²) in [5.74, 6) is 0.650. The van der Waals surface area contributed by atoms with Gasteiger partial charge < -0.3 is 10.1 Å². The molecular formula is C12H14BrNO2. The summed E-state index contributed by atoms with van der Waals surface area (Å²) in [7, 11) is 1.59. The van der Waals surface area contributed by atoms with Crippen molar-refractivity contribution in [3.63, 3.8) is 0 Å². The second kappa shape index (κ2) is 4.87. The van der Waals surface area contributed by atoms with Crippen molar-refractivity contribution in [2.24, 2.45) is 0 Å². The predicted molar refractivity (Wildman–Crippen MR) is 65.8 cm³/mol. The fourth-order valence-electron chi connectivity index (χ4n) is 1.66. The largest absolute Gasteiger partial charge is 0.496 e. The highest BCUT2D eigenvalue weighted by Crippen LogP contribution is 2.28. The Labute approximate surface area is 103 Å². The monoisotopic (exact) mass is 283 g/mol. The standard InChI is InChI=1S/C12H14BrNO2/c1-16-10-7-3-6-9(11(10)13)12(15)14-8-4-2-5-8/h3,6-8H,2,4-5H2,1H3,(H,14,15). The number of ether oxygens (including phenoxy) is 1. The van der Waals surface area contributed by atoms with Crippen LogP contribution in [-0.2, 0) is 0 Å². The molecule has 0 atom stereocenters. The van der Waals surface area contributed by atoms with E-state index in [9.17, 15) is 4.79 Å². The van der Waals surface area contributed by atoms with Crippen molar-refractivity contribution in [1.29, 1.82) is 0 Å². The Morgan fingerprint density at radius 1 is 1.50 bits per heavy atom. The number of hydrogen-bond acceptors (Lipinski definition) is 2. The molecule has 0 unspecified atom stereocenters. The van der Waals surface area contributed by atoms with Gasteiger partial charge in [-0.1, -0.05) is 6.07 Å². The molecule has 0 bridgehead atoms. The molecule has 1 amide bonds. The summed E-state index contributed by atoms with van der Waals surface area (Å²) in [6.45, 7) is 0. The summed E-state index contributed by atoms with van der Waals surface area (Å²) in [5.41, 5.74) is 0.631. The molecule has 1 aromatic rings. The predicted octanol–water partition coefficient (Wildman–Crippen LogP) is 2.74. The van der Waals surface area contributed by atoms with Crippen LogP contribution in [0.1, 0.15) is 29.6 Å². The highest BCUT2D eigenvalue weighted by atomic mass is 79.9. The van der Waals surface area contributed by atoms with Crippen LogP contribution in [0.15, 0.2) is 22.7 Å². The Kier molecular flexibility index (Phi) is 3.49. The molecule has 86 valence electrons. The minimum atomic E-state index is -0.0320. The lowest BCUT2D eigenvalue weighted by Gasteiger charge is -2.26. The quantitative estimate of drug-likeness (QED) is 0.926. The zero-order valence-corrected chi connectivity index (χ0v) is 10.7. The maximum atomic E-state index is 11.9. The number of amides is 1. The van der Waals surface area contributed by atoms with E-state index in [1.54, 1.807) is 13.2 Å². The van der Waals surface area contributed by atoms with Gasteiger partial charge in [-0.3, -0.25) is 4.79 Å². The van der Waals surface area contributed by atoms with E-state index in [-0.39, 0.29) is 5.91 Å². The molecule has 1 saturated carbocycles. The van der Waals surface area contributed by atoms with Gasteiger partial charge in [0.25, 0.3) is 5.91 Å². The van der Waals surface area contributed by atoms with Crippen LogP contribution >= 0.6 is 15.9 Å². The average molecular weight is 284 g/mol. The lowest BCUT2D eigenvalue weighted by molar-refractivity contribution is 0.0916. The third kappa shape index (κ3) is 2.21. The Morgan fingerprint density at radius 2 is 2.25 bits per heavy atom. The Morgan fingerprint density at radius 3 is 2.81 bits per heavy atom. The van der Waals surface area contributed by atoms with Gasteiger partial charge >= 0.3 is 0 Å². The summed E-state index contributed by atoms with van der Waals surface area (Å²) >= 11 is 3.39. The Bertz CT molecular complexity index is 402. The molecule has 3 nitrogen and oxygen atoms in total. The molecule has 0 aliphatic heterocycles. The Balaban J connectivity index is 2.15. The van der Waals surface area contributed by atoms with Crippen LogP contribution in [0.5, 0.6) is 5.75 Å². The zero-order chi connectivity index (χ0) is 11.5. The van der Waals surface area contributed by atoms with Crippen molar-refractivity contribution in [2.45, 2.75) is 25.3 Å². The number of nitrogens with one attached hydrogen (secondary N) is 1. The third-order valence-corrected chi connectivity index (χ3v) is 3.69. The van der Waals surface area contributed by atoms with Gasteiger partial charge in [-0.25, -0.2) is 0 Å². The summed E-state index contributed by atoms with van der Waals surface area (Å²) in [4.78, 5) is 11.9. The minimum Gasteiger partial charge on any atom is -0.496 e. The highest BCUT2D eigenvalue weighted by Gasteiger charge is 2.21. The molecular weight excluding hydrogens is 270 g/mol. The number of rotatable bonds is 3. The maximum absolute atomic E-state index is 11.9. The van der Waals surface area contributed by atoms with Crippen LogP contribution < -0.4 is 10.1 Å². The van der Waals surface area contributed by atoms with Crippen molar-refractivity contribution >= 4 is 21.8 Å². The zero-order valence-electron chi connectivity index (χ0n) is 9.13. The first-order chi connectivity index (χ1) is 7.72. The number of halogens is 1. The fraction of sp³-hybridized carbons (Fsp3) is 0.417. The van der Waals surface area contributed by atoms with E-state index in [2.05, 4.69) is 21.2 Å². The molecule has 1 aliphatic carbocycles. The maximum Gasteiger partial charge on any atom is 0.252 e. The van der Waals surface area contributed by atoms with Gasteiger partial charge in [0, 0.05) is 6.04 Å².